The number of ether oxygens (including phenoxy) is 2. The minimum atomic E-state index is -0.320. The number of carbonyl (C=O) groups is 1. The largest absolute Gasteiger partial charge is 0.495 e. The Bertz CT molecular complexity index is 1100. The van der Waals surface area contributed by atoms with Gasteiger partial charge in [0.15, 0.2) is 5.82 Å². The number of halogens is 1. The van der Waals surface area contributed by atoms with Crippen molar-refractivity contribution in [3.8, 4) is 11.8 Å². The van der Waals surface area contributed by atoms with Gasteiger partial charge in [0.25, 0.3) is 0 Å². The molecule has 33 heavy (non-hydrogen) atoms. The van der Waals surface area contributed by atoms with Crippen molar-refractivity contribution in [3.05, 3.63) is 34.5 Å². The molecule has 2 aromatic heterocycles. The number of aromatic nitrogens is 4. The standard InChI is InChI=1S/C24H32ClN5O3/c1-5-7-8-9-11-20(31)33-24-27-21-18(10-6-2)29-30(3)22(21)23(28-24)26-15-16-12-13-19(32-4)17(25)14-16/h12-14H,5-11,15H2,1-4H3,(H,26,27,28). The van der Waals surface area contributed by atoms with Crippen molar-refractivity contribution in [1.82, 2.24) is 19.7 Å². The van der Waals surface area contributed by atoms with Crippen molar-refractivity contribution in [2.45, 2.75) is 65.3 Å². The van der Waals surface area contributed by atoms with Crippen LogP contribution in [0.2, 0.25) is 5.02 Å². The summed E-state index contributed by atoms with van der Waals surface area (Å²) >= 11 is 6.26. The van der Waals surface area contributed by atoms with Gasteiger partial charge in [-0.3, -0.25) is 9.48 Å². The molecule has 1 N–H and O–H groups in total. The van der Waals surface area contributed by atoms with Crippen LogP contribution in [0, 0.1) is 0 Å². The highest BCUT2D eigenvalue weighted by Crippen LogP contribution is 2.28. The molecule has 8 nitrogen and oxygen atoms in total. The fourth-order valence-electron chi connectivity index (χ4n) is 3.65. The molecule has 0 spiro atoms. The summed E-state index contributed by atoms with van der Waals surface area (Å²) in [4.78, 5) is 21.4. The van der Waals surface area contributed by atoms with Gasteiger partial charge in [-0.1, -0.05) is 57.2 Å². The highest BCUT2D eigenvalue weighted by atomic mass is 35.5. The minimum Gasteiger partial charge on any atom is -0.495 e. The summed E-state index contributed by atoms with van der Waals surface area (Å²) in [6.45, 7) is 4.69. The Labute approximate surface area is 199 Å². The molecule has 3 rings (SSSR count). The number of carbonyl (C=O) groups excluding carboxylic acids is 1. The fraction of sp³-hybridized carbons (Fsp3) is 0.500. The van der Waals surface area contributed by atoms with Gasteiger partial charge in [-0.2, -0.15) is 15.1 Å². The van der Waals surface area contributed by atoms with Gasteiger partial charge in [0.1, 0.15) is 16.8 Å². The zero-order chi connectivity index (χ0) is 23.8. The fourth-order valence-corrected chi connectivity index (χ4v) is 3.93. The predicted octanol–water partition coefficient (Wildman–Crippen LogP) is 5.47. The van der Waals surface area contributed by atoms with Crippen LogP contribution in [-0.4, -0.2) is 32.8 Å². The summed E-state index contributed by atoms with van der Waals surface area (Å²) < 4.78 is 12.5. The molecule has 0 saturated carbocycles. The third-order valence-corrected chi connectivity index (χ3v) is 5.63. The molecule has 0 aliphatic rings. The third kappa shape index (κ3) is 6.35. The molecule has 2 heterocycles. The van der Waals surface area contributed by atoms with E-state index >= 15 is 0 Å². The number of anilines is 1. The van der Waals surface area contributed by atoms with Crippen molar-refractivity contribution in [3.63, 3.8) is 0 Å². The summed E-state index contributed by atoms with van der Waals surface area (Å²) in [5, 5.41) is 8.49. The number of aryl methyl sites for hydroxylation is 2. The molecule has 9 heteroatoms. The smallest absolute Gasteiger partial charge is 0.326 e. The second-order valence-corrected chi connectivity index (χ2v) is 8.39. The van der Waals surface area contributed by atoms with E-state index in [1.165, 1.54) is 0 Å². The van der Waals surface area contributed by atoms with Gasteiger partial charge >= 0.3 is 12.0 Å². The van der Waals surface area contributed by atoms with E-state index in [0.29, 0.717) is 35.1 Å². The normalized spacial score (nSPS) is 11.1. The number of rotatable bonds is 12. The molecule has 0 radical (unpaired) electrons. The lowest BCUT2D eigenvalue weighted by atomic mass is 10.2. The summed E-state index contributed by atoms with van der Waals surface area (Å²) in [7, 11) is 3.44. The second kappa shape index (κ2) is 11.8. The van der Waals surface area contributed by atoms with E-state index in [1.807, 2.05) is 25.2 Å². The second-order valence-electron chi connectivity index (χ2n) is 7.98. The van der Waals surface area contributed by atoms with Gasteiger partial charge in [0, 0.05) is 20.0 Å². The molecule has 0 unspecified atom stereocenters. The Balaban J connectivity index is 1.86. The minimum absolute atomic E-state index is 0.0450. The molecule has 0 amide bonds. The summed E-state index contributed by atoms with van der Waals surface area (Å²) in [5.41, 5.74) is 3.27. The molecule has 0 saturated heterocycles. The van der Waals surface area contributed by atoms with Crippen molar-refractivity contribution >= 4 is 34.4 Å². The number of hydrogen-bond donors (Lipinski definition) is 1. The Morgan fingerprint density at radius 1 is 1.15 bits per heavy atom. The first-order valence-corrected chi connectivity index (χ1v) is 11.8. The first-order chi connectivity index (χ1) is 16.0. The number of nitrogens with zero attached hydrogens (tertiary/aromatic N) is 4. The summed E-state index contributed by atoms with van der Waals surface area (Å²) in [6.07, 6.45) is 6.07. The van der Waals surface area contributed by atoms with Crippen LogP contribution >= 0.6 is 11.6 Å². The van der Waals surface area contributed by atoms with E-state index in [1.54, 1.807) is 11.8 Å². The quantitative estimate of drug-likeness (QED) is 0.275. The number of methoxy groups -OCH3 is 1. The Morgan fingerprint density at radius 3 is 2.67 bits per heavy atom. The monoisotopic (exact) mass is 473 g/mol. The van der Waals surface area contributed by atoms with E-state index in [0.717, 1.165) is 55.3 Å². The zero-order valence-corrected chi connectivity index (χ0v) is 20.5. The van der Waals surface area contributed by atoms with E-state index < -0.39 is 0 Å². The molecule has 0 aliphatic carbocycles. The van der Waals surface area contributed by atoms with Crippen molar-refractivity contribution in [2.24, 2.45) is 7.05 Å². The zero-order valence-electron chi connectivity index (χ0n) is 19.8. The van der Waals surface area contributed by atoms with Crippen LogP contribution < -0.4 is 14.8 Å². The Morgan fingerprint density at radius 2 is 1.97 bits per heavy atom. The van der Waals surface area contributed by atoms with Crippen LogP contribution in [0.3, 0.4) is 0 Å². The number of unbranched alkanes of at least 4 members (excludes halogenated alkanes) is 3. The van der Waals surface area contributed by atoms with Gasteiger partial charge in [0.05, 0.1) is 17.8 Å². The lowest BCUT2D eigenvalue weighted by Gasteiger charge is -2.11. The summed E-state index contributed by atoms with van der Waals surface area (Å²) in [5.74, 6) is 0.853. The lowest BCUT2D eigenvalue weighted by molar-refractivity contribution is -0.135. The first kappa shape index (κ1) is 24.8. The predicted molar refractivity (Wildman–Crippen MR) is 130 cm³/mol. The van der Waals surface area contributed by atoms with Crippen molar-refractivity contribution in [1.29, 1.82) is 0 Å². The molecule has 3 aromatic rings. The van der Waals surface area contributed by atoms with E-state index in [-0.39, 0.29) is 12.0 Å². The maximum atomic E-state index is 12.3. The number of fused-ring (bicyclic) bond motifs is 1. The molecular formula is C24H32ClN5O3. The Kier molecular flexibility index (Phi) is 8.88. The van der Waals surface area contributed by atoms with Crippen LogP contribution in [0.1, 0.15) is 63.6 Å². The highest BCUT2D eigenvalue weighted by Gasteiger charge is 2.19. The SMILES string of the molecule is CCCCCCC(=O)Oc1nc(NCc2ccc(OC)c(Cl)c2)c2c(n1)c(CCC)nn2C. The maximum Gasteiger partial charge on any atom is 0.326 e. The van der Waals surface area contributed by atoms with Crippen LogP contribution in [0.4, 0.5) is 5.82 Å². The van der Waals surface area contributed by atoms with Crippen LogP contribution in [0.5, 0.6) is 11.8 Å². The van der Waals surface area contributed by atoms with Gasteiger partial charge in [-0.05, 0) is 30.5 Å². The Hall–Kier alpha value is -2.87. The molecule has 178 valence electrons. The van der Waals surface area contributed by atoms with Crippen molar-refractivity contribution in [2.75, 3.05) is 12.4 Å². The van der Waals surface area contributed by atoms with Crippen molar-refractivity contribution < 1.29 is 14.3 Å². The average Bonchev–Trinajstić information content (AvgIpc) is 3.10. The van der Waals surface area contributed by atoms with Gasteiger partial charge < -0.3 is 14.8 Å². The summed E-state index contributed by atoms with van der Waals surface area (Å²) in [6, 6.07) is 5.64. The van der Waals surface area contributed by atoms with Crippen LogP contribution in [0.15, 0.2) is 18.2 Å². The number of benzene rings is 1. The van der Waals surface area contributed by atoms with E-state index in [2.05, 4.69) is 34.2 Å². The molecule has 0 aliphatic heterocycles. The van der Waals surface area contributed by atoms with Gasteiger partial charge in [-0.15, -0.1) is 0 Å². The van der Waals surface area contributed by atoms with E-state index in [9.17, 15) is 4.79 Å². The van der Waals surface area contributed by atoms with Gasteiger partial charge in [-0.25, -0.2) is 0 Å². The average molecular weight is 474 g/mol. The lowest BCUT2D eigenvalue weighted by Crippen LogP contribution is -2.12. The number of esters is 1. The molecule has 0 fully saturated rings. The van der Waals surface area contributed by atoms with Crippen LogP contribution in [0.25, 0.3) is 11.0 Å². The van der Waals surface area contributed by atoms with Gasteiger partial charge in [0.2, 0.25) is 0 Å². The highest BCUT2D eigenvalue weighted by molar-refractivity contribution is 6.32. The molecule has 0 bridgehead atoms. The topological polar surface area (TPSA) is 91.2 Å². The number of nitrogens with one attached hydrogen (secondary N) is 1. The van der Waals surface area contributed by atoms with Crippen LogP contribution in [-0.2, 0) is 24.8 Å². The first-order valence-electron chi connectivity index (χ1n) is 11.5. The molecular weight excluding hydrogens is 442 g/mol. The molecule has 0 atom stereocenters. The maximum absolute atomic E-state index is 12.3. The third-order valence-electron chi connectivity index (χ3n) is 5.33. The molecule has 1 aromatic carbocycles. The van der Waals surface area contributed by atoms with E-state index in [4.69, 9.17) is 21.1 Å². The number of hydrogen-bond acceptors (Lipinski definition) is 7.